The number of hydrogen-bond donors (Lipinski definition) is 3. The number of carbonyl (C=O) groups excluding carboxylic acids is 1. The Bertz CT molecular complexity index is 526. The summed E-state index contributed by atoms with van der Waals surface area (Å²) < 4.78 is 5.28. The summed E-state index contributed by atoms with van der Waals surface area (Å²) in [4.78, 5) is 21.9. The molecule has 0 aromatic heterocycles. The number of benzene rings is 1. The molecule has 122 valence electrons. The molecule has 1 aromatic carbocycles. The summed E-state index contributed by atoms with van der Waals surface area (Å²) in [5.41, 5.74) is 6.07. The van der Waals surface area contributed by atoms with Gasteiger partial charge < -0.3 is 15.8 Å². The molecule has 0 saturated carbocycles. The van der Waals surface area contributed by atoms with Crippen molar-refractivity contribution in [3.63, 3.8) is 0 Å². The summed E-state index contributed by atoms with van der Waals surface area (Å²) in [6, 6.07) is 6.00. The van der Waals surface area contributed by atoms with Crippen LogP contribution in [0.4, 0.5) is 10.5 Å². The van der Waals surface area contributed by atoms with Crippen molar-refractivity contribution in [2.75, 3.05) is 0 Å². The number of amides is 1. The summed E-state index contributed by atoms with van der Waals surface area (Å²) in [6.45, 7) is 5.50. The van der Waals surface area contributed by atoms with Crippen LogP contribution in [0.1, 0.15) is 26.3 Å². The first-order valence-electron chi connectivity index (χ1n) is 6.74. The molecule has 0 saturated heterocycles. The van der Waals surface area contributed by atoms with Crippen LogP contribution in [0.25, 0.3) is 0 Å². The van der Waals surface area contributed by atoms with Crippen LogP contribution >= 0.6 is 12.6 Å². The van der Waals surface area contributed by atoms with Crippen molar-refractivity contribution in [3.05, 3.63) is 39.9 Å². The zero-order chi connectivity index (χ0) is 16.9. The standard InChI is InChI=1S/C14H21N3O4S/c1-14(2,3)16-13(18)21-11(12(15)22)8-9-4-6-10(7-5-9)17(19)20/h4-7,11-12,22H,8,15H2,1-3H3,(H,16,18)/t11?,12-/m0/s1. The normalized spacial score (nSPS) is 14.0. The van der Waals surface area contributed by atoms with Gasteiger partial charge in [0, 0.05) is 24.1 Å². The van der Waals surface area contributed by atoms with E-state index in [1.807, 2.05) is 20.8 Å². The minimum atomic E-state index is -0.666. The first kappa shape index (κ1) is 18.2. The van der Waals surface area contributed by atoms with E-state index >= 15 is 0 Å². The van der Waals surface area contributed by atoms with Crippen molar-refractivity contribution in [2.24, 2.45) is 5.73 Å². The van der Waals surface area contributed by atoms with Crippen molar-refractivity contribution in [1.29, 1.82) is 0 Å². The number of alkyl carbamates (subject to hydrolysis) is 1. The molecule has 3 N–H and O–H groups in total. The van der Waals surface area contributed by atoms with Gasteiger partial charge in [0.15, 0.2) is 0 Å². The van der Waals surface area contributed by atoms with Gasteiger partial charge in [0.2, 0.25) is 0 Å². The van der Waals surface area contributed by atoms with Crippen LogP contribution in [-0.4, -0.2) is 28.0 Å². The van der Waals surface area contributed by atoms with E-state index in [0.29, 0.717) is 6.42 Å². The lowest BCUT2D eigenvalue weighted by atomic mass is 10.1. The molecule has 7 nitrogen and oxygen atoms in total. The monoisotopic (exact) mass is 327 g/mol. The second-order valence-corrected chi connectivity index (χ2v) is 6.53. The molecule has 0 fully saturated rings. The van der Waals surface area contributed by atoms with Crippen molar-refractivity contribution in [1.82, 2.24) is 5.32 Å². The largest absolute Gasteiger partial charge is 0.443 e. The molecule has 0 radical (unpaired) electrons. The van der Waals surface area contributed by atoms with E-state index < -0.39 is 28.0 Å². The van der Waals surface area contributed by atoms with Crippen LogP contribution in [0.15, 0.2) is 24.3 Å². The molecule has 1 amide bonds. The van der Waals surface area contributed by atoms with Crippen LogP contribution in [0.3, 0.4) is 0 Å². The van der Waals surface area contributed by atoms with E-state index in [4.69, 9.17) is 10.5 Å². The number of hydrogen-bond acceptors (Lipinski definition) is 6. The fourth-order valence-corrected chi connectivity index (χ4v) is 1.86. The lowest BCUT2D eigenvalue weighted by molar-refractivity contribution is -0.384. The molecule has 0 spiro atoms. The van der Waals surface area contributed by atoms with Gasteiger partial charge in [-0.2, -0.15) is 12.6 Å². The molecule has 0 aliphatic heterocycles. The number of rotatable bonds is 5. The second-order valence-electron chi connectivity index (χ2n) is 5.94. The fourth-order valence-electron chi connectivity index (χ4n) is 1.69. The SMILES string of the molecule is CC(C)(C)NC(=O)OC(Cc1ccc([N+](=O)[O-])cc1)[C@@H](N)S. The second kappa shape index (κ2) is 7.46. The molecule has 0 heterocycles. The number of nitro groups is 1. The molecular weight excluding hydrogens is 306 g/mol. The highest BCUT2D eigenvalue weighted by Gasteiger charge is 2.23. The Hall–Kier alpha value is -1.80. The van der Waals surface area contributed by atoms with Crippen molar-refractivity contribution in [2.45, 2.75) is 44.2 Å². The van der Waals surface area contributed by atoms with Crippen LogP contribution in [0.5, 0.6) is 0 Å². The smallest absolute Gasteiger partial charge is 0.407 e. The summed E-state index contributed by atoms with van der Waals surface area (Å²) in [5, 5.41) is 12.6. The number of ether oxygens (including phenoxy) is 1. The minimum absolute atomic E-state index is 0.00173. The average Bonchev–Trinajstić information content (AvgIpc) is 2.36. The maximum Gasteiger partial charge on any atom is 0.407 e. The van der Waals surface area contributed by atoms with Gasteiger partial charge in [-0.15, -0.1) is 0 Å². The number of nitro benzene ring substituents is 1. The van der Waals surface area contributed by atoms with E-state index in [1.54, 1.807) is 12.1 Å². The molecule has 8 heteroatoms. The van der Waals surface area contributed by atoms with E-state index in [0.717, 1.165) is 5.56 Å². The fraction of sp³-hybridized carbons (Fsp3) is 0.500. The summed E-state index contributed by atoms with van der Waals surface area (Å²) in [5.74, 6) is 0. The molecule has 0 bridgehead atoms. The highest BCUT2D eigenvalue weighted by molar-refractivity contribution is 7.80. The third-order valence-corrected chi connectivity index (χ3v) is 3.03. The number of nitrogens with one attached hydrogen (secondary N) is 1. The predicted molar refractivity (Wildman–Crippen MR) is 86.9 cm³/mol. The van der Waals surface area contributed by atoms with Crippen LogP contribution in [-0.2, 0) is 11.2 Å². The maximum atomic E-state index is 11.8. The maximum absolute atomic E-state index is 11.8. The molecule has 0 aliphatic carbocycles. The number of nitrogens with zero attached hydrogens (tertiary/aromatic N) is 1. The van der Waals surface area contributed by atoms with E-state index in [9.17, 15) is 14.9 Å². The van der Waals surface area contributed by atoms with Crippen LogP contribution < -0.4 is 11.1 Å². The topological polar surface area (TPSA) is 107 Å². The van der Waals surface area contributed by atoms with Gasteiger partial charge in [0.25, 0.3) is 5.69 Å². The van der Waals surface area contributed by atoms with Gasteiger partial charge >= 0.3 is 6.09 Å². The molecule has 1 unspecified atom stereocenters. The van der Waals surface area contributed by atoms with Gasteiger partial charge in [-0.25, -0.2) is 4.79 Å². The Morgan fingerprint density at radius 1 is 1.41 bits per heavy atom. The van der Waals surface area contributed by atoms with E-state index in [1.165, 1.54) is 12.1 Å². The van der Waals surface area contributed by atoms with Crippen molar-refractivity contribution >= 4 is 24.4 Å². The molecule has 0 aliphatic rings. The average molecular weight is 327 g/mol. The van der Waals surface area contributed by atoms with Gasteiger partial charge in [0.05, 0.1) is 10.3 Å². The summed E-state index contributed by atoms with van der Waals surface area (Å²) >= 11 is 4.13. The summed E-state index contributed by atoms with van der Waals surface area (Å²) in [6.07, 6.45) is -0.906. The lowest BCUT2D eigenvalue weighted by Crippen LogP contribution is -2.45. The number of non-ortho nitro benzene ring substituents is 1. The highest BCUT2D eigenvalue weighted by atomic mass is 32.1. The van der Waals surface area contributed by atoms with Crippen LogP contribution in [0, 0.1) is 10.1 Å². The predicted octanol–water partition coefficient (Wildman–Crippen LogP) is 2.25. The third-order valence-electron chi connectivity index (χ3n) is 2.70. The first-order chi connectivity index (χ1) is 10.1. The Morgan fingerprint density at radius 2 is 1.95 bits per heavy atom. The van der Waals surface area contributed by atoms with Gasteiger partial charge in [-0.05, 0) is 26.3 Å². The molecule has 1 aromatic rings. The quantitative estimate of drug-likeness (QED) is 0.333. The minimum Gasteiger partial charge on any atom is -0.443 e. The Balaban J connectivity index is 2.72. The number of nitrogens with two attached hydrogens (primary N) is 1. The lowest BCUT2D eigenvalue weighted by Gasteiger charge is -2.25. The summed E-state index contributed by atoms with van der Waals surface area (Å²) in [7, 11) is 0. The Labute approximate surface area is 134 Å². The number of carbonyl (C=O) groups is 1. The van der Waals surface area contributed by atoms with Crippen molar-refractivity contribution < 1.29 is 14.5 Å². The Kier molecular flexibility index (Phi) is 6.19. The Morgan fingerprint density at radius 3 is 2.36 bits per heavy atom. The zero-order valence-corrected chi connectivity index (χ0v) is 13.7. The molecule has 2 atom stereocenters. The van der Waals surface area contributed by atoms with E-state index in [2.05, 4.69) is 17.9 Å². The van der Waals surface area contributed by atoms with Gasteiger partial charge in [0.1, 0.15) is 6.10 Å². The molecule has 1 rings (SSSR count). The zero-order valence-electron chi connectivity index (χ0n) is 12.8. The highest BCUT2D eigenvalue weighted by Crippen LogP contribution is 2.16. The first-order valence-corrected chi connectivity index (χ1v) is 7.26. The van der Waals surface area contributed by atoms with Crippen LogP contribution in [0.2, 0.25) is 0 Å². The third kappa shape index (κ3) is 6.31. The molecule has 22 heavy (non-hydrogen) atoms. The van der Waals surface area contributed by atoms with Gasteiger partial charge in [-0.1, -0.05) is 12.1 Å². The van der Waals surface area contributed by atoms with Crippen molar-refractivity contribution in [3.8, 4) is 0 Å². The van der Waals surface area contributed by atoms with E-state index in [-0.39, 0.29) is 5.69 Å². The molecular formula is C14H21N3O4S. The van der Waals surface area contributed by atoms with Gasteiger partial charge in [-0.3, -0.25) is 10.1 Å². The number of thiol groups is 1.